The maximum Gasteiger partial charge on any atom is 0.141 e. The molecule has 0 unspecified atom stereocenters. The Morgan fingerprint density at radius 2 is 2.45 bits per heavy atom. The third kappa shape index (κ3) is 1.16. The zero-order chi connectivity index (χ0) is 7.68. The van der Waals surface area contributed by atoms with E-state index in [1.165, 1.54) is 5.56 Å². The summed E-state index contributed by atoms with van der Waals surface area (Å²) in [4.78, 5) is 0. The standard InChI is InChI=1S/C8H12N2O/c1-6-7-5-9-4-2-3-8(7)11-10-6/h9H,2-5H2,1H3. The fourth-order valence-electron chi connectivity index (χ4n) is 1.45. The second kappa shape index (κ2) is 2.66. The van der Waals surface area contributed by atoms with Gasteiger partial charge in [-0.1, -0.05) is 5.16 Å². The Labute approximate surface area is 65.8 Å². The van der Waals surface area contributed by atoms with Gasteiger partial charge in [0.05, 0.1) is 5.69 Å². The van der Waals surface area contributed by atoms with Crippen LogP contribution in [0.1, 0.15) is 23.4 Å². The minimum atomic E-state index is 0.921. The molecule has 0 aliphatic carbocycles. The van der Waals surface area contributed by atoms with Crippen molar-refractivity contribution in [3.63, 3.8) is 0 Å². The lowest BCUT2D eigenvalue weighted by atomic mass is 10.1. The highest BCUT2D eigenvalue weighted by Gasteiger charge is 2.14. The molecule has 11 heavy (non-hydrogen) atoms. The van der Waals surface area contributed by atoms with Crippen LogP contribution in [-0.2, 0) is 13.0 Å². The number of nitrogens with zero attached hydrogens (tertiary/aromatic N) is 1. The summed E-state index contributed by atoms with van der Waals surface area (Å²) in [5, 5.41) is 7.26. The number of nitrogens with one attached hydrogen (secondary N) is 1. The number of aryl methyl sites for hydroxylation is 2. The molecule has 0 spiro atoms. The van der Waals surface area contributed by atoms with Crippen LogP contribution in [0.2, 0.25) is 0 Å². The Bertz CT molecular complexity index is 255. The normalized spacial score (nSPS) is 17.5. The average Bonchev–Trinajstić information content (AvgIpc) is 2.25. The number of hydrogen-bond acceptors (Lipinski definition) is 3. The maximum atomic E-state index is 5.18. The van der Waals surface area contributed by atoms with E-state index < -0.39 is 0 Å². The Morgan fingerprint density at radius 3 is 3.36 bits per heavy atom. The van der Waals surface area contributed by atoms with Crippen molar-refractivity contribution in [2.75, 3.05) is 6.54 Å². The second-order valence-corrected chi connectivity index (χ2v) is 2.95. The first-order valence-electron chi connectivity index (χ1n) is 4.02. The lowest BCUT2D eigenvalue weighted by Gasteiger charge is -1.95. The van der Waals surface area contributed by atoms with Gasteiger partial charge in [-0.2, -0.15) is 0 Å². The minimum absolute atomic E-state index is 0.921. The summed E-state index contributed by atoms with van der Waals surface area (Å²) in [6.45, 7) is 4.00. The molecule has 0 saturated carbocycles. The Kier molecular flexibility index (Phi) is 1.66. The van der Waals surface area contributed by atoms with Crippen LogP contribution in [0.25, 0.3) is 0 Å². The molecule has 1 N–H and O–H groups in total. The van der Waals surface area contributed by atoms with E-state index in [1.807, 2.05) is 6.92 Å². The molecule has 2 heterocycles. The van der Waals surface area contributed by atoms with Crippen LogP contribution in [0, 0.1) is 6.92 Å². The predicted molar refractivity (Wildman–Crippen MR) is 41.3 cm³/mol. The fraction of sp³-hybridized carbons (Fsp3) is 0.625. The molecular weight excluding hydrogens is 140 g/mol. The highest BCUT2D eigenvalue weighted by molar-refractivity contribution is 5.22. The van der Waals surface area contributed by atoms with E-state index in [9.17, 15) is 0 Å². The van der Waals surface area contributed by atoms with Crippen molar-refractivity contribution in [1.82, 2.24) is 10.5 Å². The molecule has 0 bridgehead atoms. The van der Waals surface area contributed by atoms with Crippen LogP contribution in [0.3, 0.4) is 0 Å². The molecule has 60 valence electrons. The van der Waals surface area contributed by atoms with Gasteiger partial charge in [-0.25, -0.2) is 0 Å². The monoisotopic (exact) mass is 152 g/mol. The third-order valence-electron chi connectivity index (χ3n) is 2.13. The van der Waals surface area contributed by atoms with E-state index in [1.54, 1.807) is 0 Å². The molecule has 0 atom stereocenters. The van der Waals surface area contributed by atoms with Crippen molar-refractivity contribution in [1.29, 1.82) is 0 Å². The summed E-state index contributed by atoms with van der Waals surface area (Å²) in [6.07, 6.45) is 2.19. The molecule has 2 rings (SSSR count). The Hall–Kier alpha value is -0.830. The highest BCUT2D eigenvalue weighted by atomic mass is 16.5. The van der Waals surface area contributed by atoms with E-state index in [0.29, 0.717) is 0 Å². The quantitative estimate of drug-likeness (QED) is 0.603. The second-order valence-electron chi connectivity index (χ2n) is 2.95. The first kappa shape index (κ1) is 6.85. The zero-order valence-corrected chi connectivity index (χ0v) is 6.68. The van der Waals surface area contributed by atoms with Crippen LogP contribution in [0.15, 0.2) is 4.52 Å². The van der Waals surface area contributed by atoms with E-state index in [-0.39, 0.29) is 0 Å². The summed E-state index contributed by atoms with van der Waals surface area (Å²) in [5.74, 6) is 1.08. The minimum Gasteiger partial charge on any atom is -0.361 e. The van der Waals surface area contributed by atoms with Gasteiger partial charge in [-0.15, -0.1) is 0 Å². The average molecular weight is 152 g/mol. The van der Waals surface area contributed by atoms with Crippen LogP contribution in [0.4, 0.5) is 0 Å². The van der Waals surface area contributed by atoms with Crippen molar-refractivity contribution in [2.24, 2.45) is 0 Å². The van der Waals surface area contributed by atoms with Crippen LogP contribution in [-0.4, -0.2) is 11.7 Å². The number of rotatable bonds is 0. The SMILES string of the molecule is Cc1noc2c1CNCCC2. The number of fused-ring (bicyclic) bond motifs is 1. The van der Waals surface area contributed by atoms with Gasteiger partial charge in [0.1, 0.15) is 5.76 Å². The summed E-state index contributed by atoms with van der Waals surface area (Å²) in [5.41, 5.74) is 2.30. The Morgan fingerprint density at radius 1 is 1.55 bits per heavy atom. The van der Waals surface area contributed by atoms with Gasteiger partial charge in [0, 0.05) is 18.5 Å². The fourth-order valence-corrected chi connectivity index (χ4v) is 1.45. The number of aromatic nitrogens is 1. The van der Waals surface area contributed by atoms with Crippen molar-refractivity contribution in [3.05, 3.63) is 17.0 Å². The molecule has 1 aliphatic heterocycles. The largest absolute Gasteiger partial charge is 0.361 e. The lowest BCUT2D eigenvalue weighted by molar-refractivity contribution is 0.378. The molecule has 0 amide bonds. The molecule has 1 aromatic heterocycles. The van der Waals surface area contributed by atoms with Crippen molar-refractivity contribution >= 4 is 0 Å². The summed E-state index contributed by atoms with van der Waals surface area (Å²) < 4.78 is 5.18. The molecule has 0 saturated heterocycles. The van der Waals surface area contributed by atoms with Crippen molar-refractivity contribution in [3.8, 4) is 0 Å². The van der Waals surface area contributed by atoms with Crippen LogP contribution >= 0.6 is 0 Å². The van der Waals surface area contributed by atoms with Crippen LogP contribution in [0.5, 0.6) is 0 Å². The van der Waals surface area contributed by atoms with Crippen molar-refractivity contribution in [2.45, 2.75) is 26.3 Å². The Balaban J connectivity index is 2.35. The lowest BCUT2D eigenvalue weighted by Crippen LogP contribution is -2.12. The summed E-state index contributed by atoms with van der Waals surface area (Å²) in [7, 11) is 0. The van der Waals surface area contributed by atoms with E-state index in [0.717, 1.165) is 37.4 Å². The predicted octanol–water partition coefficient (Wildman–Crippen LogP) is 1.02. The zero-order valence-electron chi connectivity index (χ0n) is 6.68. The smallest absolute Gasteiger partial charge is 0.141 e. The molecule has 0 fully saturated rings. The highest BCUT2D eigenvalue weighted by Crippen LogP contribution is 2.16. The summed E-state index contributed by atoms with van der Waals surface area (Å²) >= 11 is 0. The topological polar surface area (TPSA) is 38.1 Å². The molecular formula is C8H12N2O. The van der Waals surface area contributed by atoms with Gasteiger partial charge in [0.25, 0.3) is 0 Å². The van der Waals surface area contributed by atoms with E-state index in [4.69, 9.17) is 4.52 Å². The van der Waals surface area contributed by atoms with Gasteiger partial charge in [0.2, 0.25) is 0 Å². The van der Waals surface area contributed by atoms with Crippen LogP contribution < -0.4 is 5.32 Å². The molecule has 0 radical (unpaired) electrons. The third-order valence-corrected chi connectivity index (χ3v) is 2.13. The first-order chi connectivity index (χ1) is 5.38. The number of hydrogen-bond donors (Lipinski definition) is 1. The molecule has 3 heteroatoms. The van der Waals surface area contributed by atoms with E-state index >= 15 is 0 Å². The summed E-state index contributed by atoms with van der Waals surface area (Å²) in [6, 6.07) is 0. The van der Waals surface area contributed by atoms with Gasteiger partial charge >= 0.3 is 0 Å². The van der Waals surface area contributed by atoms with Crippen molar-refractivity contribution < 1.29 is 4.52 Å². The van der Waals surface area contributed by atoms with E-state index in [2.05, 4.69) is 10.5 Å². The first-order valence-corrected chi connectivity index (χ1v) is 4.02. The molecule has 3 nitrogen and oxygen atoms in total. The maximum absolute atomic E-state index is 5.18. The van der Waals surface area contributed by atoms with Gasteiger partial charge in [-0.05, 0) is 19.9 Å². The molecule has 1 aromatic rings. The van der Waals surface area contributed by atoms with Gasteiger partial charge in [-0.3, -0.25) is 0 Å². The molecule has 1 aliphatic rings. The van der Waals surface area contributed by atoms with Gasteiger partial charge < -0.3 is 9.84 Å². The van der Waals surface area contributed by atoms with Gasteiger partial charge in [0.15, 0.2) is 0 Å². The molecule has 0 aromatic carbocycles.